The summed E-state index contributed by atoms with van der Waals surface area (Å²) in [5.74, 6) is 2.20. The average molecular weight is 263 g/mol. The summed E-state index contributed by atoms with van der Waals surface area (Å²) in [6.45, 7) is 7.88. The van der Waals surface area contributed by atoms with E-state index < -0.39 is 0 Å². The van der Waals surface area contributed by atoms with E-state index in [0.717, 1.165) is 18.0 Å². The minimum Gasteiger partial charge on any atom is -0.493 e. The maximum atomic E-state index is 5.40. The summed E-state index contributed by atoms with van der Waals surface area (Å²) >= 11 is 0. The lowest BCUT2D eigenvalue weighted by Gasteiger charge is -2.53. The fourth-order valence-corrected chi connectivity index (χ4v) is 3.15. The fraction of sp³-hybridized carbons (Fsp3) is 0.625. The number of rotatable bonds is 5. The van der Waals surface area contributed by atoms with Gasteiger partial charge in [0.2, 0.25) is 0 Å². The molecule has 0 heterocycles. The predicted octanol–water partition coefficient (Wildman–Crippen LogP) is 3.20. The number of ether oxygens (including phenoxy) is 2. The molecule has 0 aromatic heterocycles. The molecule has 0 spiro atoms. The molecule has 1 saturated carbocycles. The van der Waals surface area contributed by atoms with Gasteiger partial charge in [-0.3, -0.25) is 0 Å². The van der Waals surface area contributed by atoms with Crippen molar-refractivity contribution >= 4 is 0 Å². The van der Waals surface area contributed by atoms with Crippen LogP contribution in [-0.4, -0.2) is 26.8 Å². The highest BCUT2D eigenvalue weighted by molar-refractivity contribution is 5.45. The summed E-state index contributed by atoms with van der Waals surface area (Å²) in [4.78, 5) is 0. The molecule has 1 N–H and O–H groups in total. The van der Waals surface area contributed by atoms with E-state index in [2.05, 4.69) is 38.2 Å². The molecular weight excluding hydrogens is 238 g/mol. The van der Waals surface area contributed by atoms with Crippen LogP contribution in [0.4, 0.5) is 0 Å². The lowest BCUT2D eigenvalue weighted by Crippen LogP contribution is -2.55. The Morgan fingerprint density at radius 2 is 1.89 bits per heavy atom. The van der Waals surface area contributed by atoms with Crippen LogP contribution in [0, 0.1) is 5.41 Å². The van der Waals surface area contributed by atoms with Gasteiger partial charge in [0.1, 0.15) is 0 Å². The van der Waals surface area contributed by atoms with Crippen LogP contribution in [0.5, 0.6) is 11.5 Å². The highest BCUT2D eigenvalue weighted by Gasteiger charge is 2.48. The number of methoxy groups -OCH3 is 2. The second-order valence-electron chi connectivity index (χ2n) is 5.83. The summed E-state index contributed by atoms with van der Waals surface area (Å²) in [5, 5.41) is 3.57. The van der Waals surface area contributed by atoms with Crippen LogP contribution in [0.3, 0.4) is 0 Å². The largest absolute Gasteiger partial charge is 0.493 e. The molecular formula is C16H25NO2. The van der Waals surface area contributed by atoms with Crippen molar-refractivity contribution in [1.82, 2.24) is 5.32 Å². The lowest BCUT2D eigenvalue weighted by atomic mass is 9.56. The molecule has 0 radical (unpaired) electrons. The number of hydrogen-bond donors (Lipinski definition) is 1. The summed E-state index contributed by atoms with van der Waals surface area (Å²) in [6, 6.07) is 6.89. The van der Waals surface area contributed by atoms with E-state index in [1.54, 1.807) is 14.2 Å². The first kappa shape index (κ1) is 14.2. The van der Waals surface area contributed by atoms with Crippen LogP contribution in [0.2, 0.25) is 0 Å². The number of hydrogen-bond acceptors (Lipinski definition) is 3. The van der Waals surface area contributed by atoms with Crippen LogP contribution in [-0.2, 0) is 0 Å². The molecule has 1 aliphatic carbocycles. The Bertz CT molecular complexity index is 442. The van der Waals surface area contributed by atoms with Gasteiger partial charge in [-0.1, -0.05) is 26.8 Å². The molecule has 1 fully saturated rings. The average Bonchev–Trinajstić information content (AvgIpc) is 2.42. The Morgan fingerprint density at radius 1 is 1.21 bits per heavy atom. The molecule has 1 aliphatic rings. The SMILES string of the molecule is CCNC1CC(c2ccc(OC)c(OC)c2)C1(C)C. The van der Waals surface area contributed by atoms with Gasteiger partial charge in [-0.25, -0.2) is 0 Å². The zero-order chi connectivity index (χ0) is 14.0. The minimum atomic E-state index is 0.287. The maximum absolute atomic E-state index is 5.40. The molecule has 1 aromatic carbocycles. The predicted molar refractivity (Wildman–Crippen MR) is 78.1 cm³/mol. The first-order chi connectivity index (χ1) is 9.04. The van der Waals surface area contributed by atoms with Crippen molar-refractivity contribution in [2.45, 2.75) is 39.2 Å². The summed E-state index contributed by atoms with van der Waals surface area (Å²) in [5.41, 5.74) is 1.63. The molecule has 0 bridgehead atoms. The monoisotopic (exact) mass is 263 g/mol. The fourth-order valence-electron chi connectivity index (χ4n) is 3.15. The van der Waals surface area contributed by atoms with Crippen molar-refractivity contribution in [2.75, 3.05) is 20.8 Å². The number of nitrogens with one attached hydrogen (secondary N) is 1. The maximum Gasteiger partial charge on any atom is 0.160 e. The van der Waals surface area contributed by atoms with Crippen LogP contribution in [0.1, 0.15) is 38.7 Å². The molecule has 0 saturated heterocycles. The Morgan fingerprint density at radius 3 is 2.42 bits per heavy atom. The summed E-state index contributed by atoms with van der Waals surface area (Å²) in [6.07, 6.45) is 1.19. The topological polar surface area (TPSA) is 30.5 Å². The second-order valence-corrected chi connectivity index (χ2v) is 5.83. The Balaban J connectivity index is 2.20. The molecule has 19 heavy (non-hydrogen) atoms. The quantitative estimate of drug-likeness (QED) is 0.885. The highest BCUT2D eigenvalue weighted by Crippen LogP contribution is 2.53. The molecule has 2 atom stereocenters. The lowest BCUT2D eigenvalue weighted by molar-refractivity contribution is 0.0705. The van der Waals surface area contributed by atoms with Gasteiger partial charge in [-0.15, -0.1) is 0 Å². The van der Waals surface area contributed by atoms with E-state index in [4.69, 9.17) is 9.47 Å². The third-order valence-electron chi connectivity index (χ3n) is 4.53. The second kappa shape index (κ2) is 5.41. The molecule has 2 rings (SSSR count). The minimum absolute atomic E-state index is 0.287. The number of benzene rings is 1. The van der Waals surface area contributed by atoms with Gasteiger partial charge < -0.3 is 14.8 Å². The van der Waals surface area contributed by atoms with Crippen molar-refractivity contribution in [3.8, 4) is 11.5 Å². The van der Waals surface area contributed by atoms with E-state index in [1.807, 2.05) is 6.07 Å². The van der Waals surface area contributed by atoms with Gasteiger partial charge in [0.25, 0.3) is 0 Å². The molecule has 0 aliphatic heterocycles. The van der Waals surface area contributed by atoms with Crippen molar-refractivity contribution in [3.63, 3.8) is 0 Å². The zero-order valence-corrected chi connectivity index (χ0v) is 12.6. The van der Waals surface area contributed by atoms with E-state index in [1.165, 1.54) is 12.0 Å². The molecule has 3 heteroatoms. The van der Waals surface area contributed by atoms with E-state index in [-0.39, 0.29) is 5.41 Å². The van der Waals surface area contributed by atoms with Crippen LogP contribution in [0.25, 0.3) is 0 Å². The van der Waals surface area contributed by atoms with Crippen LogP contribution >= 0.6 is 0 Å². The molecule has 0 amide bonds. The van der Waals surface area contributed by atoms with Gasteiger partial charge >= 0.3 is 0 Å². The molecule has 1 aromatic rings. The summed E-state index contributed by atoms with van der Waals surface area (Å²) < 4.78 is 10.7. The molecule has 2 unspecified atom stereocenters. The van der Waals surface area contributed by atoms with Crippen molar-refractivity contribution in [1.29, 1.82) is 0 Å². The zero-order valence-electron chi connectivity index (χ0n) is 12.6. The van der Waals surface area contributed by atoms with E-state index in [0.29, 0.717) is 12.0 Å². The van der Waals surface area contributed by atoms with Gasteiger partial charge in [0.05, 0.1) is 14.2 Å². The molecule has 106 valence electrons. The van der Waals surface area contributed by atoms with Gasteiger partial charge in [-0.05, 0) is 42.0 Å². The first-order valence-corrected chi connectivity index (χ1v) is 6.99. The van der Waals surface area contributed by atoms with Gasteiger partial charge in [-0.2, -0.15) is 0 Å². The smallest absolute Gasteiger partial charge is 0.160 e. The van der Waals surface area contributed by atoms with Gasteiger partial charge in [0, 0.05) is 6.04 Å². The Kier molecular flexibility index (Phi) is 4.04. The van der Waals surface area contributed by atoms with Crippen molar-refractivity contribution < 1.29 is 9.47 Å². The van der Waals surface area contributed by atoms with E-state index >= 15 is 0 Å². The Labute approximate surface area is 116 Å². The first-order valence-electron chi connectivity index (χ1n) is 6.99. The third kappa shape index (κ3) is 2.44. The van der Waals surface area contributed by atoms with Crippen LogP contribution < -0.4 is 14.8 Å². The standard InChI is InChI=1S/C16H25NO2/c1-6-17-15-10-12(16(15,2)3)11-7-8-13(18-4)14(9-11)19-5/h7-9,12,15,17H,6,10H2,1-5H3. The van der Waals surface area contributed by atoms with Gasteiger partial charge in [0.15, 0.2) is 11.5 Å². The highest BCUT2D eigenvalue weighted by atomic mass is 16.5. The summed E-state index contributed by atoms with van der Waals surface area (Å²) in [7, 11) is 3.36. The normalized spacial score (nSPS) is 24.7. The van der Waals surface area contributed by atoms with Crippen molar-refractivity contribution in [2.24, 2.45) is 5.41 Å². The van der Waals surface area contributed by atoms with Crippen LogP contribution in [0.15, 0.2) is 18.2 Å². The van der Waals surface area contributed by atoms with E-state index in [9.17, 15) is 0 Å². The Hall–Kier alpha value is -1.22. The third-order valence-corrected chi connectivity index (χ3v) is 4.53. The van der Waals surface area contributed by atoms with Crippen molar-refractivity contribution in [3.05, 3.63) is 23.8 Å². The molecule has 3 nitrogen and oxygen atoms in total.